The van der Waals surface area contributed by atoms with Crippen molar-refractivity contribution >= 4 is 43.2 Å². The molecule has 6 atom stereocenters. The molecule has 2 unspecified atom stereocenters. The summed E-state index contributed by atoms with van der Waals surface area (Å²) < 4.78 is 30.8. The first-order valence-corrected chi connectivity index (χ1v) is 14.6. The highest BCUT2D eigenvalue weighted by Gasteiger charge is 2.56. The van der Waals surface area contributed by atoms with Gasteiger partial charge in [0, 0.05) is 17.2 Å². The van der Waals surface area contributed by atoms with Crippen molar-refractivity contribution in [3.05, 3.63) is 61.4 Å². The highest BCUT2D eigenvalue weighted by Crippen LogP contribution is 2.42. The molecule has 1 aromatic heterocycles. The first kappa shape index (κ1) is 33.6. The van der Waals surface area contributed by atoms with E-state index in [0.717, 1.165) is 15.6 Å². The van der Waals surface area contributed by atoms with Gasteiger partial charge >= 0.3 is 11.7 Å². The molecule has 230 valence electrons. The van der Waals surface area contributed by atoms with E-state index in [2.05, 4.69) is 15.0 Å². The van der Waals surface area contributed by atoms with Gasteiger partial charge in [-0.25, -0.2) is 4.79 Å². The summed E-state index contributed by atoms with van der Waals surface area (Å²) in [5.41, 5.74) is 11.4. The number of nitrogens with zero attached hydrogens (tertiary/aromatic N) is 6. The number of ether oxygens (including phenoxy) is 2. The summed E-state index contributed by atoms with van der Waals surface area (Å²) in [6.07, 6.45) is -4.09. The van der Waals surface area contributed by atoms with E-state index in [9.17, 15) is 29.9 Å². The Hall–Kier alpha value is -2.91. The molecule has 0 spiro atoms. The van der Waals surface area contributed by atoms with Gasteiger partial charge in [-0.1, -0.05) is 47.0 Å². The number of carbonyl (C=O) groups excluding carboxylic acids is 1. The third-order valence-corrected chi connectivity index (χ3v) is 7.85. The number of hydroxylamine groups is 1. The summed E-state index contributed by atoms with van der Waals surface area (Å²) in [5.74, 6) is -0.920. The second-order valence-corrected chi connectivity index (χ2v) is 11.5. The third kappa shape index (κ3) is 7.72. The molecule has 0 aliphatic carbocycles. The maximum absolute atomic E-state index is 13.6. The fraction of sp³-hybridized carbons (Fsp3) is 0.522. The van der Waals surface area contributed by atoms with Crippen LogP contribution in [0.15, 0.2) is 40.4 Å². The Balaban J connectivity index is 1.94. The largest absolute Gasteiger partial charge is 0.465 e. The van der Waals surface area contributed by atoms with Gasteiger partial charge in [0.05, 0.1) is 23.3 Å². The lowest BCUT2D eigenvalue weighted by Gasteiger charge is -2.31. The first-order valence-electron chi connectivity index (χ1n) is 12.5. The summed E-state index contributed by atoms with van der Waals surface area (Å²) >= 11 is 12.1. The number of benzene rings is 1. The molecule has 1 aromatic carbocycles. The number of aromatic nitrogens is 2. The molecule has 1 saturated heterocycles. The number of hydrogen-bond donors (Lipinski definition) is 3. The van der Waals surface area contributed by atoms with Crippen LogP contribution in [0.3, 0.4) is 0 Å². The van der Waals surface area contributed by atoms with Crippen molar-refractivity contribution in [3.63, 3.8) is 0 Å². The van der Waals surface area contributed by atoms with Crippen molar-refractivity contribution in [2.75, 3.05) is 18.9 Å². The standard InChI is InChI=1S/C23H30Cl2N7O9P/c1-4-38-21(35)16(9-12(2)3)32(41-13-5-6-14(24)15(25)10-13)42(37)39-11-23(29-30-27)19(34)18(33)20(40-23)31-8-7-17(26)28-22(31)36/h5-8,10,12,16,18-20,33-34,42H,4,9,11H2,1-3H3,(H2,26,28,36)/t16?,18-,19+,20-,23-/m1/s1. The molecule has 0 bridgehead atoms. The SMILES string of the molecule is CCOC(=O)C(CC(C)C)N(Oc1ccc(Cl)c(Cl)c1)[PH](=O)OC[C@@]1(N=[N+]=[N-])O[C@@H](n2ccc(N)nc2=O)[C@H](O)[C@@H]1O. The molecule has 42 heavy (non-hydrogen) atoms. The predicted molar refractivity (Wildman–Crippen MR) is 151 cm³/mol. The Morgan fingerprint density at radius 1 is 1.36 bits per heavy atom. The Kier molecular flexibility index (Phi) is 11.6. The van der Waals surface area contributed by atoms with Crippen molar-refractivity contribution in [3.8, 4) is 5.75 Å². The highest BCUT2D eigenvalue weighted by atomic mass is 35.5. The van der Waals surface area contributed by atoms with Crippen LogP contribution < -0.4 is 16.3 Å². The molecule has 0 radical (unpaired) electrons. The van der Waals surface area contributed by atoms with E-state index in [4.69, 9.17) is 47.8 Å². The van der Waals surface area contributed by atoms with E-state index in [1.165, 1.54) is 24.3 Å². The first-order chi connectivity index (χ1) is 19.8. The molecule has 0 amide bonds. The number of nitrogen functional groups attached to an aromatic ring is 1. The zero-order valence-electron chi connectivity index (χ0n) is 22.7. The molecule has 2 heterocycles. The van der Waals surface area contributed by atoms with Crippen molar-refractivity contribution < 1.29 is 38.4 Å². The number of esters is 1. The van der Waals surface area contributed by atoms with E-state index in [0.29, 0.717) is 0 Å². The number of carbonyl (C=O) groups is 1. The van der Waals surface area contributed by atoms with E-state index in [-0.39, 0.29) is 40.6 Å². The fourth-order valence-corrected chi connectivity index (χ4v) is 5.39. The number of halogens is 2. The van der Waals surface area contributed by atoms with Crippen molar-refractivity contribution in [2.24, 2.45) is 11.0 Å². The zero-order chi connectivity index (χ0) is 31.2. The molecule has 19 heteroatoms. The van der Waals surface area contributed by atoms with Crippen LogP contribution in [0.4, 0.5) is 5.82 Å². The van der Waals surface area contributed by atoms with Gasteiger partial charge in [-0.05, 0) is 43.0 Å². The van der Waals surface area contributed by atoms with Crippen LogP contribution in [0.1, 0.15) is 33.4 Å². The molecule has 1 aliphatic rings. The molecule has 16 nitrogen and oxygen atoms in total. The van der Waals surface area contributed by atoms with Crippen molar-refractivity contribution in [1.82, 2.24) is 14.4 Å². The van der Waals surface area contributed by atoms with Crippen LogP contribution in [-0.2, 0) is 23.4 Å². The summed E-state index contributed by atoms with van der Waals surface area (Å²) in [6.45, 7) is 4.35. The van der Waals surface area contributed by atoms with Gasteiger partial charge in [-0.2, -0.15) is 4.98 Å². The molecule has 2 aromatic rings. The maximum atomic E-state index is 13.6. The summed E-state index contributed by atoms with van der Waals surface area (Å²) in [6, 6.07) is 4.17. The Morgan fingerprint density at radius 3 is 2.67 bits per heavy atom. The van der Waals surface area contributed by atoms with Crippen LogP contribution in [0, 0.1) is 5.92 Å². The topological polar surface area (TPSA) is 224 Å². The van der Waals surface area contributed by atoms with Crippen LogP contribution in [0.5, 0.6) is 5.75 Å². The van der Waals surface area contributed by atoms with Crippen LogP contribution in [0.25, 0.3) is 10.4 Å². The molecule has 3 rings (SSSR count). The average Bonchev–Trinajstić information content (AvgIpc) is 3.16. The molecule has 0 saturated carbocycles. The number of azide groups is 1. The Bertz CT molecular complexity index is 1410. The minimum absolute atomic E-state index is 0.0223. The second kappa shape index (κ2) is 14.5. The van der Waals surface area contributed by atoms with Gasteiger partial charge in [-0.15, -0.1) is 0 Å². The molecule has 1 aliphatic heterocycles. The maximum Gasteiger partial charge on any atom is 0.351 e. The normalized spacial score (nSPS) is 23.4. The van der Waals surface area contributed by atoms with E-state index in [1.807, 2.05) is 13.8 Å². The zero-order valence-corrected chi connectivity index (χ0v) is 25.2. The summed E-state index contributed by atoms with van der Waals surface area (Å²) in [4.78, 5) is 38.1. The number of anilines is 1. The van der Waals surface area contributed by atoms with Gasteiger partial charge in [-0.3, -0.25) is 13.9 Å². The minimum atomic E-state index is -3.60. The summed E-state index contributed by atoms with van der Waals surface area (Å²) in [5, 5.41) is 25.3. The van der Waals surface area contributed by atoms with E-state index in [1.54, 1.807) is 6.92 Å². The molecule has 4 N–H and O–H groups in total. The third-order valence-electron chi connectivity index (χ3n) is 5.96. The lowest BCUT2D eigenvalue weighted by molar-refractivity contribution is -0.157. The van der Waals surface area contributed by atoms with E-state index >= 15 is 0 Å². The van der Waals surface area contributed by atoms with Crippen molar-refractivity contribution in [2.45, 2.75) is 57.4 Å². The number of rotatable bonds is 13. The predicted octanol–water partition coefficient (Wildman–Crippen LogP) is 3.07. The van der Waals surface area contributed by atoms with Crippen LogP contribution in [-0.4, -0.2) is 67.8 Å². The minimum Gasteiger partial charge on any atom is -0.465 e. The molecular formula is C23H30Cl2N7O9P. The summed E-state index contributed by atoms with van der Waals surface area (Å²) in [7, 11) is -3.60. The quantitative estimate of drug-likeness (QED) is 0.0710. The number of aliphatic hydroxyl groups is 2. The number of aliphatic hydroxyl groups excluding tert-OH is 2. The lowest BCUT2D eigenvalue weighted by Crippen LogP contribution is -2.45. The second-order valence-electron chi connectivity index (χ2n) is 9.47. The van der Waals surface area contributed by atoms with Crippen LogP contribution in [0.2, 0.25) is 10.0 Å². The fourth-order valence-electron chi connectivity index (χ4n) is 4.00. The van der Waals surface area contributed by atoms with Gasteiger partial charge in [0.1, 0.15) is 23.8 Å². The molecule has 1 fully saturated rings. The smallest absolute Gasteiger partial charge is 0.351 e. The molecular weight excluding hydrogens is 620 g/mol. The van der Waals surface area contributed by atoms with Gasteiger partial charge in [0.25, 0.3) is 8.18 Å². The van der Waals surface area contributed by atoms with Gasteiger partial charge < -0.3 is 34.8 Å². The Labute approximate surface area is 250 Å². The monoisotopic (exact) mass is 649 g/mol. The average molecular weight is 650 g/mol. The van der Waals surface area contributed by atoms with E-state index < -0.39 is 56.6 Å². The van der Waals surface area contributed by atoms with Gasteiger partial charge in [0.15, 0.2) is 12.3 Å². The van der Waals surface area contributed by atoms with Crippen molar-refractivity contribution in [1.29, 1.82) is 0 Å². The highest BCUT2D eigenvalue weighted by molar-refractivity contribution is 7.36. The lowest BCUT2D eigenvalue weighted by atomic mass is 10.0. The number of nitrogens with two attached hydrogens (primary N) is 1. The van der Waals surface area contributed by atoms with Gasteiger partial charge in [0.2, 0.25) is 5.72 Å². The van der Waals surface area contributed by atoms with Crippen LogP contribution >= 0.6 is 31.4 Å². The Morgan fingerprint density at radius 2 is 2.07 bits per heavy atom. The number of hydrogen-bond acceptors (Lipinski definition) is 12.